The van der Waals surface area contributed by atoms with Crippen LogP contribution in [0.2, 0.25) is 0 Å². The van der Waals surface area contributed by atoms with E-state index in [-0.39, 0.29) is 23.9 Å². The molecule has 0 saturated carbocycles. The van der Waals surface area contributed by atoms with Gasteiger partial charge in [-0.3, -0.25) is 4.79 Å². The first kappa shape index (κ1) is 28.4. The van der Waals surface area contributed by atoms with Gasteiger partial charge in [0, 0.05) is 30.8 Å². The Balaban J connectivity index is 1.22. The van der Waals surface area contributed by atoms with Gasteiger partial charge in [0.25, 0.3) is 0 Å². The van der Waals surface area contributed by atoms with Crippen molar-refractivity contribution >= 4 is 5.97 Å². The highest BCUT2D eigenvalue weighted by atomic mass is 19.4. The smallest absolute Gasteiger partial charge is 0.417 e. The monoisotopic (exact) mass is 582 g/mol. The summed E-state index contributed by atoms with van der Waals surface area (Å²) in [4.78, 5) is 11.7. The highest BCUT2D eigenvalue weighted by molar-refractivity contribution is 5.75. The van der Waals surface area contributed by atoms with Crippen LogP contribution in [0.3, 0.4) is 0 Å². The van der Waals surface area contributed by atoms with Gasteiger partial charge in [0.1, 0.15) is 23.4 Å². The predicted octanol–water partition coefficient (Wildman–Crippen LogP) is 7.28. The van der Waals surface area contributed by atoms with Gasteiger partial charge in [-0.2, -0.15) is 13.2 Å². The number of alkyl halides is 3. The van der Waals surface area contributed by atoms with Crippen LogP contribution in [-0.2, 0) is 26.9 Å². The molecule has 0 N–H and O–H groups in total. The van der Waals surface area contributed by atoms with Crippen LogP contribution in [0.5, 0.6) is 17.2 Å². The molecule has 6 nitrogen and oxygen atoms in total. The number of ether oxygens (including phenoxy) is 5. The Morgan fingerprint density at radius 3 is 2.43 bits per heavy atom. The summed E-state index contributed by atoms with van der Waals surface area (Å²) in [7, 11) is 1.36. The molecule has 0 amide bonds. The fraction of sp³-hybridized carbons (Fsp3) is 0.424. The van der Waals surface area contributed by atoms with Gasteiger partial charge in [-0.15, -0.1) is 0 Å². The molecule has 6 rings (SSSR count). The molecule has 2 aliphatic heterocycles. The van der Waals surface area contributed by atoms with Crippen LogP contribution >= 0.6 is 0 Å². The lowest BCUT2D eigenvalue weighted by atomic mass is 9.91. The Morgan fingerprint density at radius 1 is 0.952 bits per heavy atom. The molecule has 222 valence electrons. The van der Waals surface area contributed by atoms with Crippen molar-refractivity contribution in [2.24, 2.45) is 5.92 Å². The number of fused-ring (bicyclic) bond motifs is 2. The highest BCUT2D eigenvalue weighted by Crippen LogP contribution is 2.47. The molecule has 0 spiro atoms. The van der Waals surface area contributed by atoms with E-state index in [1.54, 1.807) is 36.4 Å². The minimum absolute atomic E-state index is 0.0873. The minimum Gasteiger partial charge on any atom is -0.493 e. The van der Waals surface area contributed by atoms with E-state index in [0.29, 0.717) is 60.3 Å². The van der Waals surface area contributed by atoms with Crippen LogP contribution in [0, 0.1) is 5.92 Å². The second kappa shape index (κ2) is 11.9. The lowest BCUT2D eigenvalue weighted by molar-refractivity contribution is -0.141. The number of halogens is 3. The van der Waals surface area contributed by atoms with Gasteiger partial charge < -0.3 is 23.7 Å². The summed E-state index contributed by atoms with van der Waals surface area (Å²) in [5.74, 6) is 1.88. The third-order valence-electron chi connectivity index (χ3n) is 8.41. The largest absolute Gasteiger partial charge is 0.493 e. The van der Waals surface area contributed by atoms with Crippen LogP contribution in [0.1, 0.15) is 60.0 Å². The summed E-state index contributed by atoms with van der Waals surface area (Å²) in [6.07, 6.45) is -1.76. The molecular formula is C33H33F3O6. The number of benzene rings is 3. The molecule has 3 aromatic rings. The van der Waals surface area contributed by atoms with Crippen molar-refractivity contribution in [3.8, 4) is 28.4 Å². The van der Waals surface area contributed by atoms with Gasteiger partial charge in [-0.1, -0.05) is 24.3 Å². The first-order valence-electron chi connectivity index (χ1n) is 14.3. The molecule has 1 aliphatic carbocycles. The third kappa shape index (κ3) is 5.93. The fourth-order valence-electron chi connectivity index (χ4n) is 6.15. The normalized spacial score (nSPS) is 20.0. The maximum atomic E-state index is 14.2. The lowest BCUT2D eigenvalue weighted by Gasteiger charge is -2.22. The van der Waals surface area contributed by atoms with E-state index in [4.69, 9.17) is 23.7 Å². The Bertz CT molecular complexity index is 1430. The Kier molecular flexibility index (Phi) is 8.03. The van der Waals surface area contributed by atoms with Crippen LogP contribution in [0.4, 0.5) is 13.2 Å². The van der Waals surface area contributed by atoms with Crippen molar-refractivity contribution in [3.05, 3.63) is 76.9 Å². The summed E-state index contributed by atoms with van der Waals surface area (Å²) in [5, 5.41) is 0. The first-order valence-corrected chi connectivity index (χ1v) is 14.3. The molecule has 3 aliphatic rings. The Morgan fingerprint density at radius 2 is 1.69 bits per heavy atom. The number of hydrogen-bond donors (Lipinski definition) is 0. The van der Waals surface area contributed by atoms with Crippen molar-refractivity contribution in [1.29, 1.82) is 0 Å². The van der Waals surface area contributed by atoms with Crippen molar-refractivity contribution in [3.63, 3.8) is 0 Å². The van der Waals surface area contributed by atoms with Crippen molar-refractivity contribution in [1.82, 2.24) is 0 Å². The molecule has 42 heavy (non-hydrogen) atoms. The zero-order chi connectivity index (χ0) is 29.3. The van der Waals surface area contributed by atoms with E-state index in [1.807, 2.05) is 12.1 Å². The van der Waals surface area contributed by atoms with E-state index in [0.717, 1.165) is 43.2 Å². The second-order valence-corrected chi connectivity index (χ2v) is 11.1. The minimum atomic E-state index is -4.50. The number of methoxy groups -OCH3 is 1. The molecule has 2 heterocycles. The molecule has 0 unspecified atom stereocenters. The molecular weight excluding hydrogens is 549 g/mol. The SMILES string of the molecule is COC(=O)C[C@@H]1COc2cc(O[C@@H]3CCc4c3ccc(C(F)(F)F)c4-c3ccc(OCC4CCOCC4)cc3)ccc21. The number of rotatable bonds is 8. The average molecular weight is 583 g/mol. The molecule has 3 aromatic carbocycles. The summed E-state index contributed by atoms with van der Waals surface area (Å²) < 4.78 is 70.8. The summed E-state index contributed by atoms with van der Waals surface area (Å²) in [6.45, 7) is 2.41. The maximum absolute atomic E-state index is 14.2. The number of hydrogen-bond acceptors (Lipinski definition) is 6. The van der Waals surface area contributed by atoms with Crippen molar-refractivity contribution < 1.29 is 41.7 Å². The number of esters is 1. The van der Waals surface area contributed by atoms with Gasteiger partial charge in [-0.25, -0.2) is 0 Å². The zero-order valence-electron chi connectivity index (χ0n) is 23.4. The molecule has 9 heteroatoms. The van der Waals surface area contributed by atoms with Gasteiger partial charge in [0.05, 0.1) is 32.3 Å². The van der Waals surface area contributed by atoms with E-state index in [2.05, 4.69) is 0 Å². The van der Waals surface area contributed by atoms with E-state index < -0.39 is 17.8 Å². The lowest BCUT2D eigenvalue weighted by Crippen LogP contribution is -2.21. The van der Waals surface area contributed by atoms with Gasteiger partial charge in [0.2, 0.25) is 0 Å². The first-order chi connectivity index (χ1) is 20.3. The fourth-order valence-corrected chi connectivity index (χ4v) is 6.15. The van der Waals surface area contributed by atoms with Gasteiger partial charge in [-0.05, 0) is 78.1 Å². The maximum Gasteiger partial charge on any atom is 0.417 e. The second-order valence-electron chi connectivity index (χ2n) is 11.1. The van der Waals surface area contributed by atoms with Gasteiger partial charge >= 0.3 is 12.1 Å². The van der Waals surface area contributed by atoms with Crippen LogP contribution in [0.25, 0.3) is 11.1 Å². The zero-order valence-corrected chi connectivity index (χ0v) is 23.4. The van der Waals surface area contributed by atoms with Crippen molar-refractivity contribution in [2.75, 3.05) is 33.5 Å². The Hall–Kier alpha value is -3.72. The average Bonchev–Trinajstić information content (AvgIpc) is 3.59. The molecule has 0 radical (unpaired) electrons. The molecule has 2 atom stereocenters. The molecule has 1 saturated heterocycles. The molecule has 1 fully saturated rings. The third-order valence-corrected chi connectivity index (χ3v) is 8.41. The van der Waals surface area contributed by atoms with Gasteiger partial charge in [0.15, 0.2) is 0 Å². The standard InChI is InChI=1S/C33H33F3O6/c1-38-31(37)16-22-19-41-30-17-24(6-7-25(22)30)42-29-11-9-27-26(29)8-10-28(33(34,35)36)32(27)21-2-4-23(5-3-21)40-18-20-12-14-39-15-13-20/h2-8,10,17,20,22,29H,9,11-16,18-19H2,1H3/t22-,29-/m1/s1. The topological polar surface area (TPSA) is 63.2 Å². The van der Waals surface area contributed by atoms with Crippen LogP contribution in [0.15, 0.2) is 54.6 Å². The molecule has 0 bridgehead atoms. The highest BCUT2D eigenvalue weighted by Gasteiger charge is 2.38. The van der Waals surface area contributed by atoms with E-state index >= 15 is 0 Å². The summed E-state index contributed by atoms with van der Waals surface area (Å²) in [5.41, 5.74) is 2.37. The van der Waals surface area contributed by atoms with E-state index in [1.165, 1.54) is 7.11 Å². The quantitative estimate of drug-likeness (QED) is 0.260. The Labute approximate surface area is 242 Å². The van der Waals surface area contributed by atoms with Crippen molar-refractivity contribution in [2.45, 2.75) is 50.3 Å². The number of carbonyl (C=O) groups excluding carboxylic acids is 1. The summed E-state index contributed by atoms with van der Waals surface area (Å²) >= 11 is 0. The van der Waals surface area contributed by atoms with Crippen LogP contribution < -0.4 is 14.2 Å². The number of carbonyl (C=O) groups is 1. The van der Waals surface area contributed by atoms with E-state index in [9.17, 15) is 18.0 Å². The molecule has 0 aromatic heterocycles. The predicted molar refractivity (Wildman–Crippen MR) is 149 cm³/mol. The summed E-state index contributed by atoms with van der Waals surface area (Å²) in [6, 6.07) is 15.1. The van der Waals surface area contributed by atoms with Crippen LogP contribution in [-0.4, -0.2) is 39.5 Å².